The highest BCUT2D eigenvalue weighted by atomic mass is 19.1. The first kappa shape index (κ1) is 12.5. The molecule has 0 amide bonds. The lowest BCUT2D eigenvalue weighted by molar-refractivity contribution is 0.628. The van der Waals surface area contributed by atoms with Crippen LogP contribution in [0.1, 0.15) is 18.5 Å². The quantitative estimate of drug-likeness (QED) is 0.685. The van der Waals surface area contributed by atoms with Gasteiger partial charge >= 0.3 is 5.69 Å². The summed E-state index contributed by atoms with van der Waals surface area (Å²) in [6.45, 7) is 2.01. The topological polar surface area (TPSA) is 60.7 Å². The minimum absolute atomic E-state index is 0.0447. The van der Waals surface area contributed by atoms with Crippen molar-refractivity contribution >= 4 is 16.7 Å². The fourth-order valence-corrected chi connectivity index (χ4v) is 2.20. The minimum Gasteiger partial charge on any atom is -0.379 e. The van der Waals surface area contributed by atoms with Gasteiger partial charge in [0.2, 0.25) is 0 Å². The van der Waals surface area contributed by atoms with Gasteiger partial charge in [-0.3, -0.25) is 0 Å². The van der Waals surface area contributed by atoms with Crippen LogP contribution >= 0.6 is 0 Å². The number of nitrogens with one attached hydrogen (secondary N) is 3. The minimum atomic E-state index is -0.255. The Balaban J connectivity index is 1.85. The summed E-state index contributed by atoms with van der Waals surface area (Å²) in [7, 11) is 0. The summed E-state index contributed by atoms with van der Waals surface area (Å²) in [5, 5.41) is 3.29. The van der Waals surface area contributed by atoms with Crippen LogP contribution in [0.2, 0.25) is 0 Å². The summed E-state index contributed by atoms with van der Waals surface area (Å²) in [6.07, 6.45) is 0. The number of aromatic amines is 2. The maximum atomic E-state index is 12.9. The summed E-state index contributed by atoms with van der Waals surface area (Å²) in [6, 6.07) is 12.0. The fraction of sp³-hybridized carbons (Fsp3) is 0.133. The second-order valence-corrected chi connectivity index (χ2v) is 4.76. The molecule has 1 atom stereocenters. The van der Waals surface area contributed by atoms with E-state index in [-0.39, 0.29) is 17.5 Å². The molecule has 3 N–H and O–H groups in total. The Morgan fingerprint density at radius 1 is 1.05 bits per heavy atom. The van der Waals surface area contributed by atoms with Crippen molar-refractivity contribution in [1.82, 2.24) is 9.97 Å². The Bertz CT molecular complexity index is 789. The van der Waals surface area contributed by atoms with E-state index in [0.717, 1.165) is 22.3 Å². The normalized spacial score (nSPS) is 12.5. The van der Waals surface area contributed by atoms with E-state index in [2.05, 4.69) is 15.3 Å². The third-order valence-electron chi connectivity index (χ3n) is 3.27. The van der Waals surface area contributed by atoms with E-state index in [1.54, 1.807) is 12.1 Å². The van der Waals surface area contributed by atoms with Gasteiger partial charge in [0.05, 0.1) is 11.0 Å². The average Bonchev–Trinajstić information content (AvgIpc) is 2.80. The molecule has 4 nitrogen and oxygen atoms in total. The maximum absolute atomic E-state index is 12.9. The van der Waals surface area contributed by atoms with E-state index in [1.165, 1.54) is 12.1 Å². The van der Waals surface area contributed by atoms with Gasteiger partial charge in [-0.25, -0.2) is 9.18 Å². The summed E-state index contributed by atoms with van der Waals surface area (Å²) >= 11 is 0. The van der Waals surface area contributed by atoms with Crippen molar-refractivity contribution in [3.05, 3.63) is 64.3 Å². The van der Waals surface area contributed by atoms with Gasteiger partial charge in [-0.15, -0.1) is 0 Å². The maximum Gasteiger partial charge on any atom is 0.323 e. The molecular weight excluding hydrogens is 257 g/mol. The molecule has 0 aliphatic heterocycles. The summed E-state index contributed by atoms with van der Waals surface area (Å²) in [5.74, 6) is -0.255. The van der Waals surface area contributed by atoms with Crippen molar-refractivity contribution in [3.8, 4) is 0 Å². The van der Waals surface area contributed by atoms with E-state index in [1.807, 2.05) is 25.1 Å². The SMILES string of the molecule is CC(Nc1ccc(F)cc1)c1ccc2[nH]c(=O)[nH]c2c1. The van der Waals surface area contributed by atoms with Crippen LogP contribution in [0.5, 0.6) is 0 Å². The Hall–Kier alpha value is -2.56. The van der Waals surface area contributed by atoms with E-state index < -0.39 is 0 Å². The van der Waals surface area contributed by atoms with Gasteiger partial charge in [-0.2, -0.15) is 0 Å². The average molecular weight is 271 g/mol. The van der Waals surface area contributed by atoms with Crippen LogP contribution in [0.3, 0.4) is 0 Å². The zero-order chi connectivity index (χ0) is 14.1. The number of benzene rings is 2. The molecule has 2 aromatic carbocycles. The molecule has 3 aromatic rings. The van der Waals surface area contributed by atoms with Crippen LogP contribution in [0.4, 0.5) is 10.1 Å². The Labute approximate surface area is 114 Å². The molecule has 0 fully saturated rings. The van der Waals surface area contributed by atoms with Crippen molar-refractivity contribution < 1.29 is 4.39 Å². The predicted molar refractivity (Wildman–Crippen MR) is 77.4 cm³/mol. The van der Waals surface area contributed by atoms with Crippen LogP contribution < -0.4 is 11.0 Å². The zero-order valence-corrected chi connectivity index (χ0v) is 10.9. The molecule has 0 aliphatic rings. The number of hydrogen-bond donors (Lipinski definition) is 3. The molecule has 1 heterocycles. The zero-order valence-electron chi connectivity index (χ0n) is 10.9. The number of H-pyrrole nitrogens is 2. The molecule has 0 saturated carbocycles. The van der Waals surface area contributed by atoms with E-state index in [4.69, 9.17) is 0 Å². The number of hydrogen-bond acceptors (Lipinski definition) is 2. The van der Waals surface area contributed by atoms with E-state index in [0.29, 0.717) is 0 Å². The third-order valence-corrected chi connectivity index (χ3v) is 3.27. The number of rotatable bonds is 3. The van der Waals surface area contributed by atoms with Crippen molar-refractivity contribution in [1.29, 1.82) is 0 Å². The van der Waals surface area contributed by atoms with Crippen molar-refractivity contribution in [2.24, 2.45) is 0 Å². The highest BCUT2D eigenvalue weighted by Crippen LogP contribution is 2.21. The molecule has 0 aliphatic carbocycles. The molecule has 0 saturated heterocycles. The lowest BCUT2D eigenvalue weighted by Gasteiger charge is -2.15. The van der Waals surface area contributed by atoms with Crippen LogP contribution in [0.15, 0.2) is 47.3 Å². The number of aromatic nitrogens is 2. The monoisotopic (exact) mass is 271 g/mol. The van der Waals surface area contributed by atoms with Crippen molar-refractivity contribution in [2.45, 2.75) is 13.0 Å². The molecule has 20 heavy (non-hydrogen) atoms. The lowest BCUT2D eigenvalue weighted by atomic mass is 10.1. The molecule has 0 radical (unpaired) electrons. The summed E-state index contributed by atoms with van der Waals surface area (Å²) in [4.78, 5) is 16.7. The van der Waals surface area contributed by atoms with E-state index >= 15 is 0 Å². The smallest absolute Gasteiger partial charge is 0.323 e. The second kappa shape index (κ2) is 4.85. The Kier molecular flexibility index (Phi) is 3.02. The third kappa shape index (κ3) is 2.42. The molecule has 1 unspecified atom stereocenters. The first-order chi connectivity index (χ1) is 9.61. The van der Waals surface area contributed by atoms with Gasteiger partial charge < -0.3 is 15.3 Å². The fourth-order valence-electron chi connectivity index (χ4n) is 2.20. The van der Waals surface area contributed by atoms with Gasteiger partial charge in [-0.05, 0) is 48.9 Å². The molecule has 3 rings (SSSR count). The molecule has 0 spiro atoms. The highest BCUT2D eigenvalue weighted by Gasteiger charge is 2.07. The molecule has 5 heteroatoms. The second-order valence-electron chi connectivity index (χ2n) is 4.76. The predicted octanol–water partition coefficient (Wildman–Crippen LogP) is 3.17. The largest absolute Gasteiger partial charge is 0.379 e. The van der Waals surface area contributed by atoms with Crippen LogP contribution in [0, 0.1) is 5.82 Å². The first-order valence-electron chi connectivity index (χ1n) is 6.36. The number of halogens is 1. The Morgan fingerprint density at radius 3 is 2.50 bits per heavy atom. The number of imidazole rings is 1. The van der Waals surface area contributed by atoms with Gasteiger partial charge in [0.25, 0.3) is 0 Å². The van der Waals surface area contributed by atoms with Crippen molar-refractivity contribution in [3.63, 3.8) is 0 Å². The standard InChI is InChI=1S/C15H14FN3O/c1-9(17-12-5-3-11(16)4-6-12)10-2-7-13-14(8-10)19-15(20)18-13/h2-9,17H,1H3,(H2,18,19,20). The van der Waals surface area contributed by atoms with Crippen LogP contribution in [-0.4, -0.2) is 9.97 Å². The molecule has 0 bridgehead atoms. The Morgan fingerprint density at radius 2 is 1.75 bits per heavy atom. The highest BCUT2D eigenvalue weighted by molar-refractivity contribution is 5.75. The van der Waals surface area contributed by atoms with Crippen LogP contribution in [0.25, 0.3) is 11.0 Å². The van der Waals surface area contributed by atoms with Gasteiger partial charge in [0, 0.05) is 11.7 Å². The molecular formula is C15H14FN3O. The lowest BCUT2D eigenvalue weighted by Crippen LogP contribution is -2.06. The number of fused-ring (bicyclic) bond motifs is 1. The van der Waals surface area contributed by atoms with Gasteiger partial charge in [-0.1, -0.05) is 6.07 Å². The molecule has 102 valence electrons. The summed E-state index contributed by atoms with van der Waals surface area (Å²) < 4.78 is 12.9. The number of anilines is 1. The van der Waals surface area contributed by atoms with Gasteiger partial charge in [0.15, 0.2) is 0 Å². The van der Waals surface area contributed by atoms with E-state index in [9.17, 15) is 9.18 Å². The first-order valence-corrected chi connectivity index (χ1v) is 6.36. The van der Waals surface area contributed by atoms with Crippen LogP contribution in [-0.2, 0) is 0 Å². The summed E-state index contributed by atoms with van der Waals surface area (Å²) in [5.41, 5.74) is 3.24. The van der Waals surface area contributed by atoms with Gasteiger partial charge in [0.1, 0.15) is 5.82 Å². The van der Waals surface area contributed by atoms with Crippen molar-refractivity contribution in [2.75, 3.05) is 5.32 Å². The molecule has 1 aromatic heterocycles.